The van der Waals surface area contributed by atoms with E-state index < -0.39 is 7.92 Å². The second kappa shape index (κ2) is 6.82. The van der Waals surface area contributed by atoms with Crippen LogP contribution in [0.25, 0.3) is 5.69 Å². The first-order chi connectivity index (χ1) is 11.9. The number of rotatable bonds is 4. The van der Waals surface area contributed by atoms with Crippen LogP contribution in [0.5, 0.6) is 0 Å². The smallest absolute Gasteiger partial charge is 0.0645 e. The molecule has 0 aliphatic heterocycles. The molecule has 116 valence electrons. The van der Waals surface area contributed by atoms with Crippen LogP contribution in [-0.2, 0) is 0 Å². The number of aromatic nitrogens is 2. The van der Waals surface area contributed by atoms with Gasteiger partial charge < -0.3 is 0 Å². The first-order valence-electron chi connectivity index (χ1n) is 7.92. The van der Waals surface area contributed by atoms with Gasteiger partial charge in [0.15, 0.2) is 0 Å². The van der Waals surface area contributed by atoms with Gasteiger partial charge in [0, 0.05) is 11.5 Å². The Morgan fingerprint density at radius 3 is 1.62 bits per heavy atom. The van der Waals surface area contributed by atoms with Crippen LogP contribution in [0.3, 0.4) is 0 Å². The van der Waals surface area contributed by atoms with Crippen molar-refractivity contribution in [3.63, 3.8) is 0 Å². The van der Waals surface area contributed by atoms with E-state index in [0.29, 0.717) is 0 Å². The van der Waals surface area contributed by atoms with Gasteiger partial charge >= 0.3 is 0 Å². The van der Waals surface area contributed by atoms with Gasteiger partial charge in [-0.05, 0) is 30.7 Å². The predicted octanol–water partition coefficient (Wildman–Crippen LogP) is 3.63. The standard InChI is InChI=1S/C21H17N2P/c1-4-10-18(11-5-1)23-17-21(16-22-23)24(19-12-6-2-7-13-19)20-14-8-3-9-15-20/h1-17H. The topological polar surface area (TPSA) is 17.8 Å². The second-order valence-corrected chi connectivity index (χ2v) is 7.71. The summed E-state index contributed by atoms with van der Waals surface area (Å²) in [5, 5.41) is 8.53. The van der Waals surface area contributed by atoms with Crippen molar-refractivity contribution in [3.05, 3.63) is 103 Å². The minimum Gasteiger partial charge on any atom is -0.240 e. The third-order valence-electron chi connectivity index (χ3n) is 3.88. The van der Waals surface area contributed by atoms with E-state index in [1.807, 2.05) is 29.1 Å². The minimum atomic E-state index is -0.599. The van der Waals surface area contributed by atoms with Crippen LogP contribution >= 0.6 is 7.92 Å². The highest BCUT2D eigenvalue weighted by molar-refractivity contribution is 7.79. The van der Waals surface area contributed by atoms with Crippen LogP contribution < -0.4 is 15.9 Å². The Morgan fingerprint density at radius 2 is 1.08 bits per heavy atom. The zero-order valence-corrected chi connectivity index (χ0v) is 14.1. The fourth-order valence-electron chi connectivity index (χ4n) is 2.75. The van der Waals surface area contributed by atoms with E-state index in [4.69, 9.17) is 0 Å². The van der Waals surface area contributed by atoms with Gasteiger partial charge in [0.2, 0.25) is 0 Å². The number of nitrogens with zero attached hydrogens (tertiary/aromatic N) is 2. The molecule has 0 spiro atoms. The minimum absolute atomic E-state index is 0.599. The van der Waals surface area contributed by atoms with Crippen LogP contribution in [0, 0.1) is 0 Å². The molecule has 0 atom stereocenters. The zero-order valence-electron chi connectivity index (χ0n) is 13.2. The van der Waals surface area contributed by atoms with Crippen molar-refractivity contribution < 1.29 is 0 Å². The summed E-state index contributed by atoms with van der Waals surface area (Å²) in [6.07, 6.45) is 4.15. The van der Waals surface area contributed by atoms with Crippen molar-refractivity contribution in [2.45, 2.75) is 0 Å². The fourth-order valence-corrected chi connectivity index (χ4v) is 4.98. The lowest BCUT2D eigenvalue weighted by Crippen LogP contribution is -2.19. The molecule has 0 radical (unpaired) electrons. The Labute approximate surface area is 143 Å². The Bertz CT molecular complexity index is 863. The Balaban J connectivity index is 1.79. The average Bonchev–Trinajstić information content (AvgIpc) is 3.14. The number of hydrogen-bond donors (Lipinski definition) is 0. The highest BCUT2D eigenvalue weighted by atomic mass is 31.1. The van der Waals surface area contributed by atoms with E-state index in [1.165, 1.54) is 15.9 Å². The van der Waals surface area contributed by atoms with Gasteiger partial charge in [-0.2, -0.15) is 5.10 Å². The molecule has 0 unspecified atom stereocenters. The van der Waals surface area contributed by atoms with Crippen LogP contribution in [0.4, 0.5) is 0 Å². The van der Waals surface area contributed by atoms with Crippen LogP contribution in [0.15, 0.2) is 103 Å². The van der Waals surface area contributed by atoms with Crippen LogP contribution in [0.1, 0.15) is 0 Å². The van der Waals surface area contributed by atoms with E-state index >= 15 is 0 Å². The molecule has 3 aromatic carbocycles. The highest BCUT2D eigenvalue weighted by Gasteiger charge is 2.18. The van der Waals surface area contributed by atoms with Crippen LogP contribution in [-0.4, -0.2) is 9.78 Å². The first-order valence-corrected chi connectivity index (χ1v) is 9.26. The van der Waals surface area contributed by atoms with Gasteiger partial charge in [-0.3, -0.25) is 0 Å². The molecular formula is C21H17N2P. The molecular weight excluding hydrogens is 311 g/mol. The van der Waals surface area contributed by atoms with Crippen molar-refractivity contribution in [1.29, 1.82) is 0 Å². The van der Waals surface area contributed by atoms with Crippen molar-refractivity contribution in [3.8, 4) is 5.69 Å². The van der Waals surface area contributed by atoms with Gasteiger partial charge in [0.05, 0.1) is 11.9 Å². The van der Waals surface area contributed by atoms with Gasteiger partial charge in [-0.25, -0.2) is 4.68 Å². The van der Waals surface area contributed by atoms with E-state index in [1.54, 1.807) is 0 Å². The molecule has 0 amide bonds. The average molecular weight is 328 g/mol. The summed E-state index contributed by atoms with van der Waals surface area (Å²) in [5.74, 6) is 0. The van der Waals surface area contributed by atoms with Crippen molar-refractivity contribution >= 4 is 23.8 Å². The van der Waals surface area contributed by atoms with Crippen molar-refractivity contribution in [2.75, 3.05) is 0 Å². The zero-order chi connectivity index (χ0) is 16.2. The van der Waals surface area contributed by atoms with Crippen LogP contribution in [0.2, 0.25) is 0 Å². The number of benzene rings is 3. The molecule has 24 heavy (non-hydrogen) atoms. The van der Waals surface area contributed by atoms with E-state index in [0.717, 1.165) is 5.69 Å². The molecule has 0 N–H and O–H groups in total. The lowest BCUT2D eigenvalue weighted by atomic mass is 10.3. The summed E-state index contributed by atoms with van der Waals surface area (Å²) < 4.78 is 1.95. The molecule has 0 saturated carbocycles. The molecule has 4 rings (SSSR count). The molecule has 4 aromatic rings. The molecule has 0 aliphatic carbocycles. The van der Waals surface area contributed by atoms with E-state index in [-0.39, 0.29) is 0 Å². The maximum absolute atomic E-state index is 4.59. The predicted molar refractivity (Wildman–Crippen MR) is 102 cm³/mol. The second-order valence-electron chi connectivity index (χ2n) is 5.49. The molecule has 0 aliphatic rings. The molecule has 1 heterocycles. The Kier molecular flexibility index (Phi) is 4.22. The van der Waals surface area contributed by atoms with Gasteiger partial charge in [-0.1, -0.05) is 78.9 Å². The Morgan fingerprint density at radius 1 is 0.583 bits per heavy atom. The summed E-state index contributed by atoms with van der Waals surface area (Å²) in [5.41, 5.74) is 1.08. The maximum Gasteiger partial charge on any atom is 0.0645 e. The quantitative estimate of drug-likeness (QED) is 0.523. The molecule has 0 fully saturated rings. The van der Waals surface area contributed by atoms with Crippen molar-refractivity contribution in [2.24, 2.45) is 0 Å². The maximum atomic E-state index is 4.59. The summed E-state index contributed by atoms with van der Waals surface area (Å²) in [6.45, 7) is 0. The van der Waals surface area contributed by atoms with E-state index in [2.05, 4.69) is 84.1 Å². The molecule has 0 bridgehead atoms. The van der Waals surface area contributed by atoms with E-state index in [9.17, 15) is 0 Å². The molecule has 0 saturated heterocycles. The number of para-hydroxylation sites is 1. The summed E-state index contributed by atoms with van der Waals surface area (Å²) in [6, 6.07) is 31.6. The molecule has 2 nitrogen and oxygen atoms in total. The van der Waals surface area contributed by atoms with Gasteiger partial charge in [0.25, 0.3) is 0 Å². The highest BCUT2D eigenvalue weighted by Crippen LogP contribution is 2.32. The fraction of sp³-hybridized carbons (Fsp3) is 0. The SMILES string of the molecule is c1ccc(-n2cc(P(c3ccccc3)c3ccccc3)cn2)cc1. The largest absolute Gasteiger partial charge is 0.240 e. The third-order valence-corrected chi connectivity index (χ3v) is 6.25. The monoisotopic (exact) mass is 328 g/mol. The molecule has 3 heteroatoms. The first kappa shape index (κ1) is 14.9. The summed E-state index contributed by atoms with van der Waals surface area (Å²) in [7, 11) is -0.599. The third kappa shape index (κ3) is 3.02. The normalized spacial score (nSPS) is 10.9. The lowest BCUT2D eigenvalue weighted by Gasteiger charge is -2.16. The lowest BCUT2D eigenvalue weighted by molar-refractivity contribution is 0.881. The molecule has 1 aromatic heterocycles. The van der Waals surface area contributed by atoms with Gasteiger partial charge in [-0.15, -0.1) is 0 Å². The number of hydrogen-bond acceptors (Lipinski definition) is 1. The summed E-state index contributed by atoms with van der Waals surface area (Å²) >= 11 is 0. The van der Waals surface area contributed by atoms with Crippen molar-refractivity contribution in [1.82, 2.24) is 9.78 Å². The van der Waals surface area contributed by atoms with Gasteiger partial charge in [0.1, 0.15) is 0 Å². The summed E-state index contributed by atoms with van der Waals surface area (Å²) in [4.78, 5) is 0. The Hall–Kier alpha value is -2.70.